The van der Waals surface area contributed by atoms with Crippen molar-refractivity contribution in [2.45, 2.75) is 0 Å². The van der Waals surface area contributed by atoms with E-state index in [0.717, 1.165) is 19.8 Å². The Morgan fingerprint density at radius 3 is 2.83 bits per heavy atom. The number of hydrogen-bond donors (Lipinski definition) is 2. The van der Waals surface area contributed by atoms with Crippen LogP contribution in [0.3, 0.4) is 0 Å². The molecule has 4 nitrogen and oxygen atoms in total. The van der Waals surface area contributed by atoms with E-state index in [1.54, 1.807) is 11.3 Å². The highest BCUT2D eigenvalue weighted by atomic mass is 32.1. The number of fused-ring (bicyclic) bond motifs is 1. The lowest BCUT2D eigenvalue weighted by atomic mass is 10.2. The van der Waals surface area contributed by atoms with E-state index < -0.39 is 5.91 Å². The second kappa shape index (κ2) is 4.08. The maximum Gasteiger partial charge on any atom is 0.251 e. The van der Waals surface area contributed by atoms with Crippen LogP contribution in [0.4, 0.5) is 5.82 Å². The van der Waals surface area contributed by atoms with E-state index in [-0.39, 0.29) is 0 Å². The van der Waals surface area contributed by atoms with Gasteiger partial charge >= 0.3 is 0 Å². The summed E-state index contributed by atoms with van der Waals surface area (Å²) in [5.74, 6) is -0.0545. The van der Waals surface area contributed by atoms with E-state index in [9.17, 15) is 4.79 Å². The molecule has 1 amide bonds. The lowest BCUT2D eigenvalue weighted by Gasteiger charge is -1.99. The van der Waals surface area contributed by atoms with E-state index >= 15 is 0 Å². The molecule has 0 saturated heterocycles. The van der Waals surface area contributed by atoms with Gasteiger partial charge in [0.25, 0.3) is 5.91 Å². The van der Waals surface area contributed by atoms with Crippen molar-refractivity contribution in [2.24, 2.45) is 5.73 Å². The molecule has 0 bridgehead atoms. The number of amides is 1. The number of pyridine rings is 1. The Balaban J connectivity index is 2.31. The van der Waals surface area contributed by atoms with Crippen molar-refractivity contribution >= 4 is 44.5 Å². The molecule has 0 aliphatic heterocycles. The van der Waals surface area contributed by atoms with Gasteiger partial charge in [0.05, 0.1) is 10.3 Å². The summed E-state index contributed by atoms with van der Waals surface area (Å²) in [6, 6.07) is 5.98. The molecule has 0 spiro atoms. The number of thiophene rings is 2. The second-order valence-corrected chi connectivity index (χ2v) is 5.75. The number of nitrogen functional groups attached to an aromatic ring is 1. The number of primary amides is 1. The molecule has 0 aliphatic carbocycles. The first kappa shape index (κ1) is 11.2. The average Bonchev–Trinajstić information content (AvgIpc) is 2.97. The number of nitrogens with zero attached hydrogens (tertiary/aromatic N) is 1. The molecule has 0 radical (unpaired) electrons. The Kier molecular flexibility index (Phi) is 2.53. The first-order valence-corrected chi connectivity index (χ1v) is 6.88. The number of carbonyl (C=O) groups is 1. The topological polar surface area (TPSA) is 82.0 Å². The molecule has 0 fully saturated rings. The van der Waals surface area contributed by atoms with Crippen molar-refractivity contribution in [2.75, 3.05) is 5.73 Å². The predicted molar refractivity (Wildman–Crippen MR) is 75.9 cm³/mol. The molecule has 3 heterocycles. The minimum Gasteiger partial charge on any atom is -0.383 e. The summed E-state index contributed by atoms with van der Waals surface area (Å²) in [4.78, 5) is 17.6. The van der Waals surface area contributed by atoms with Crippen molar-refractivity contribution in [1.29, 1.82) is 0 Å². The number of aromatic nitrogens is 1. The van der Waals surface area contributed by atoms with Crippen LogP contribution >= 0.6 is 22.7 Å². The highest BCUT2D eigenvalue weighted by molar-refractivity contribution is 7.26. The Hall–Kier alpha value is -1.92. The number of anilines is 1. The molecule has 0 unspecified atom stereocenters. The van der Waals surface area contributed by atoms with Gasteiger partial charge in [0.1, 0.15) is 5.82 Å². The normalized spacial score (nSPS) is 10.9. The molecule has 3 aromatic rings. The summed E-state index contributed by atoms with van der Waals surface area (Å²) in [7, 11) is 0. The van der Waals surface area contributed by atoms with E-state index in [1.165, 1.54) is 17.5 Å². The van der Waals surface area contributed by atoms with Crippen LogP contribution in [0, 0.1) is 0 Å². The van der Waals surface area contributed by atoms with Crippen molar-refractivity contribution in [3.05, 3.63) is 35.3 Å². The van der Waals surface area contributed by atoms with Crippen molar-refractivity contribution < 1.29 is 4.79 Å². The quantitative estimate of drug-likeness (QED) is 0.754. The highest BCUT2D eigenvalue weighted by Crippen LogP contribution is 2.38. The van der Waals surface area contributed by atoms with Gasteiger partial charge in [0.15, 0.2) is 0 Å². The Bertz CT molecular complexity index is 731. The van der Waals surface area contributed by atoms with Gasteiger partial charge in [-0.3, -0.25) is 4.79 Å². The predicted octanol–water partition coefficient (Wildman–Crippen LogP) is 2.71. The zero-order valence-electron chi connectivity index (χ0n) is 9.21. The monoisotopic (exact) mass is 275 g/mol. The first-order chi connectivity index (χ1) is 8.66. The molecular weight excluding hydrogens is 266 g/mol. The van der Waals surface area contributed by atoms with Crippen LogP contribution in [0.25, 0.3) is 19.8 Å². The lowest BCUT2D eigenvalue weighted by molar-refractivity contribution is 0.100. The summed E-state index contributed by atoms with van der Waals surface area (Å²) in [6.07, 6.45) is 1.44. The zero-order chi connectivity index (χ0) is 12.7. The summed E-state index contributed by atoms with van der Waals surface area (Å²) in [5.41, 5.74) is 11.6. The lowest BCUT2D eigenvalue weighted by Crippen LogP contribution is -2.11. The standard InChI is InChI=1S/C12H9N3OS2/c13-11-6-4-9(8-2-1-3-17-8)18-10(6)7(5-15-11)12(14)16/h1-5H,(H2,13,15)(H2,14,16). The molecule has 4 N–H and O–H groups in total. The number of nitrogens with two attached hydrogens (primary N) is 2. The minimum absolute atomic E-state index is 0.423. The fourth-order valence-corrected chi connectivity index (χ4v) is 3.77. The maximum atomic E-state index is 11.4. The van der Waals surface area contributed by atoms with Crippen LogP contribution < -0.4 is 11.5 Å². The molecule has 18 heavy (non-hydrogen) atoms. The molecule has 0 aliphatic rings. The highest BCUT2D eigenvalue weighted by Gasteiger charge is 2.14. The molecular formula is C12H9N3OS2. The fraction of sp³-hybridized carbons (Fsp3) is 0. The molecule has 3 aromatic heterocycles. The Labute approximate surface area is 111 Å². The molecule has 6 heteroatoms. The largest absolute Gasteiger partial charge is 0.383 e. The number of hydrogen-bond acceptors (Lipinski definition) is 5. The van der Waals surface area contributed by atoms with Crippen LogP contribution in [-0.4, -0.2) is 10.9 Å². The molecule has 0 atom stereocenters. The van der Waals surface area contributed by atoms with Gasteiger partial charge in [-0.15, -0.1) is 22.7 Å². The van der Waals surface area contributed by atoms with Gasteiger partial charge in [0.2, 0.25) is 0 Å². The Morgan fingerprint density at radius 2 is 2.17 bits per heavy atom. The molecule has 3 rings (SSSR count). The third kappa shape index (κ3) is 1.66. The minimum atomic E-state index is -0.480. The number of carbonyl (C=O) groups excluding carboxylic acids is 1. The fourth-order valence-electron chi connectivity index (χ4n) is 1.76. The van der Waals surface area contributed by atoms with Gasteiger partial charge in [-0.2, -0.15) is 0 Å². The molecule has 90 valence electrons. The maximum absolute atomic E-state index is 11.4. The van der Waals surface area contributed by atoms with Gasteiger partial charge in [-0.25, -0.2) is 4.98 Å². The summed E-state index contributed by atoms with van der Waals surface area (Å²) < 4.78 is 0.804. The van der Waals surface area contributed by atoms with Gasteiger partial charge in [-0.1, -0.05) is 6.07 Å². The first-order valence-electron chi connectivity index (χ1n) is 5.18. The molecule has 0 aromatic carbocycles. The van der Waals surface area contributed by atoms with Gasteiger partial charge in [0, 0.05) is 21.3 Å². The van der Waals surface area contributed by atoms with Crippen molar-refractivity contribution in [3.63, 3.8) is 0 Å². The summed E-state index contributed by atoms with van der Waals surface area (Å²) >= 11 is 3.16. The second-order valence-electron chi connectivity index (χ2n) is 3.75. The Morgan fingerprint density at radius 1 is 1.33 bits per heavy atom. The van der Waals surface area contributed by atoms with Crippen LogP contribution in [-0.2, 0) is 0 Å². The van der Waals surface area contributed by atoms with Crippen LogP contribution in [0.2, 0.25) is 0 Å². The van der Waals surface area contributed by atoms with E-state index in [2.05, 4.69) is 4.98 Å². The van der Waals surface area contributed by atoms with Crippen LogP contribution in [0.15, 0.2) is 29.8 Å². The van der Waals surface area contributed by atoms with Crippen molar-refractivity contribution in [3.8, 4) is 9.75 Å². The van der Waals surface area contributed by atoms with E-state index in [4.69, 9.17) is 11.5 Å². The van der Waals surface area contributed by atoms with E-state index in [0.29, 0.717) is 11.4 Å². The third-order valence-electron chi connectivity index (χ3n) is 2.61. The van der Waals surface area contributed by atoms with E-state index in [1.807, 2.05) is 23.6 Å². The van der Waals surface area contributed by atoms with Gasteiger partial charge < -0.3 is 11.5 Å². The SMILES string of the molecule is NC(=O)c1cnc(N)c2cc(-c3cccs3)sc12. The summed E-state index contributed by atoms with van der Waals surface area (Å²) in [6.45, 7) is 0. The third-order valence-corrected chi connectivity index (χ3v) is 4.85. The number of rotatable bonds is 2. The molecule has 0 saturated carbocycles. The zero-order valence-corrected chi connectivity index (χ0v) is 10.8. The average molecular weight is 275 g/mol. The summed E-state index contributed by atoms with van der Waals surface area (Å²) in [5, 5.41) is 2.80. The van der Waals surface area contributed by atoms with Gasteiger partial charge in [-0.05, 0) is 17.5 Å². The van der Waals surface area contributed by atoms with Crippen LogP contribution in [0.1, 0.15) is 10.4 Å². The van der Waals surface area contributed by atoms with Crippen molar-refractivity contribution in [1.82, 2.24) is 4.98 Å². The van der Waals surface area contributed by atoms with Crippen LogP contribution in [0.5, 0.6) is 0 Å². The smallest absolute Gasteiger partial charge is 0.251 e.